The molecular weight excluding hydrogens is 184 g/mol. The summed E-state index contributed by atoms with van der Waals surface area (Å²) < 4.78 is 5.28. The molecule has 0 amide bonds. The Bertz CT molecular complexity index is 352. The molecule has 2 rings (SSSR count). The summed E-state index contributed by atoms with van der Waals surface area (Å²) in [6.45, 7) is 5.27. The molecule has 0 unspecified atom stereocenters. The minimum atomic E-state index is 0.131. The summed E-state index contributed by atoms with van der Waals surface area (Å²) in [7, 11) is 1.77. The van der Waals surface area contributed by atoms with Crippen LogP contribution in [0.2, 0.25) is 0 Å². The minimum Gasteiger partial charge on any atom is -0.384 e. The van der Waals surface area contributed by atoms with Gasteiger partial charge in [0.05, 0.1) is 6.61 Å². The first-order chi connectivity index (χ1) is 7.13. The molecule has 82 valence electrons. The molecule has 0 atom stereocenters. The first-order valence-electron chi connectivity index (χ1n) is 5.75. The van der Waals surface area contributed by atoms with Crippen molar-refractivity contribution in [3.63, 3.8) is 0 Å². The van der Waals surface area contributed by atoms with Gasteiger partial charge in [-0.25, -0.2) is 0 Å². The van der Waals surface area contributed by atoms with Gasteiger partial charge in [0.2, 0.25) is 0 Å². The van der Waals surface area contributed by atoms with Crippen molar-refractivity contribution < 1.29 is 4.74 Å². The van der Waals surface area contributed by atoms with Gasteiger partial charge in [0.1, 0.15) is 0 Å². The molecule has 1 aliphatic carbocycles. The highest BCUT2D eigenvalue weighted by atomic mass is 16.5. The second-order valence-corrected chi connectivity index (χ2v) is 5.15. The van der Waals surface area contributed by atoms with Gasteiger partial charge >= 0.3 is 0 Å². The fourth-order valence-electron chi connectivity index (χ4n) is 2.44. The van der Waals surface area contributed by atoms with E-state index in [-0.39, 0.29) is 5.41 Å². The Morgan fingerprint density at radius 1 is 1.20 bits per heavy atom. The average Bonchev–Trinajstić information content (AvgIpc) is 2.63. The summed E-state index contributed by atoms with van der Waals surface area (Å²) in [5, 5.41) is 0. The minimum absolute atomic E-state index is 0.131. The van der Waals surface area contributed by atoms with E-state index in [0.717, 1.165) is 6.61 Å². The van der Waals surface area contributed by atoms with Crippen LogP contribution in [0.25, 0.3) is 0 Å². The first kappa shape index (κ1) is 10.7. The molecule has 0 saturated carbocycles. The second kappa shape index (κ2) is 3.97. The van der Waals surface area contributed by atoms with E-state index in [1.54, 1.807) is 18.2 Å². The highest BCUT2D eigenvalue weighted by Gasteiger charge is 2.22. The van der Waals surface area contributed by atoms with Crippen LogP contribution in [-0.2, 0) is 23.0 Å². The molecule has 0 N–H and O–H groups in total. The molecule has 1 nitrogen and oxygen atoms in total. The van der Waals surface area contributed by atoms with E-state index in [9.17, 15) is 0 Å². The van der Waals surface area contributed by atoms with Gasteiger partial charge in [0, 0.05) is 12.5 Å². The maximum absolute atomic E-state index is 5.28. The topological polar surface area (TPSA) is 9.23 Å². The number of rotatable bonds is 3. The Hall–Kier alpha value is -0.820. The van der Waals surface area contributed by atoms with Crippen molar-refractivity contribution in [2.24, 2.45) is 0 Å². The Balaban J connectivity index is 2.29. The number of hydrogen-bond donors (Lipinski definition) is 0. The van der Waals surface area contributed by atoms with Gasteiger partial charge in [0.25, 0.3) is 0 Å². The van der Waals surface area contributed by atoms with Crippen molar-refractivity contribution >= 4 is 0 Å². The number of fused-ring (bicyclic) bond motifs is 1. The zero-order valence-corrected chi connectivity index (χ0v) is 9.97. The van der Waals surface area contributed by atoms with Gasteiger partial charge in [0.15, 0.2) is 0 Å². The van der Waals surface area contributed by atoms with Gasteiger partial charge in [-0.3, -0.25) is 0 Å². The lowest BCUT2D eigenvalue weighted by Gasteiger charge is -2.24. The molecule has 0 spiro atoms. The van der Waals surface area contributed by atoms with Crippen molar-refractivity contribution in [3.05, 3.63) is 34.9 Å². The number of aryl methyl sites for hydroxylation is 2. The first-order valence-corrected chi connectivity index (χ1v) is 5.75. The Morgan fingerprint density at radius 3 is 2.67 bits per heavy atom. The van der Waals surface area contributed by atoms with Crippen molar-refractivity contribution in [3.8, 4) is 0 Å². The predicted molar refractivity (Wildman–Crippen MR) is 63.4 cm³/mol. The Kier molecular flexibility index (Phi) is 2.83. The maximum atomic E-state index is 5.28. The largest absolute Gasteiger partial charge is 0.384 e. The van der Waals surface area contributed by atoms with Gasteiger partial charge in [-0.15, -0.1) is 0 Å². The van der Waals surface area contributed by atoms with Crippen LogP contribution >= 0.6 is 0 Å². The Labute approximate surface area is 92.5 Å². The van der Waals surface area contributed by atoms with Crippen molar-refractivity contribution in [2.45, 2.75) is 38.5 Å². The lowest BCUT2D eigenvalue weighted by atomic mass is 9.84. The maximum Gasteiger partial charge on any atom is 0.0553 e. The van der Waals surface area contributed by atoms with Crippen molar-refractivity contribution in [1.29, 1.82) is 0 Å². The number of methoxy groups -OCH3 is 1. The molecule has 0 aromatic heterocycles. The summed E-state index contributed by atoms with van der Waals surface area (Å²) in [6, 6.07) is 6.94. The molecule has 0 bridgehead atoms. The van der Waals surface area contributed by atoms with E-state index in [2.05, 4.69) is 32.0 Å². The molecule has 0 aliphatic heterocycles. The van der Waals surface area contributed by atoms with E-state index in [1.165, 1.54) is 24.8 Å². The third kappa shape index (κ3) is 2.07. The third-order valence-corrected chi connectivity index (χ3v) is 3.39. The number of ether oxygens (including phenoxy) is 1. The van der Waals surface area contributed by atoms with Crippen LogP contribution in [0.1, 0.15) is 37.0 Å². The normalized spacial score (nSPS) is 15.4. The number of benzene rings is 1. The van der Waals surface area contributed by atoms with E-state index >= 15 is 0 Å². The molecule has 1 aromatic rings. The van der Waals surface area contributed by atoms with Crippen LogP contribution in [0.5, 0.6) is 0 Å². The van der Waals surface area contributed by atoms with Crippen LogP contribution in [0.15, 0.2) is 18.2 Å². The highest BCUT2D eigenvalue weighted by molar-refractivity contribution is 5.38. The molecule has 0 saturated heterocycles. The lowest BCUT2D eigenvalue weighted by molar-refractivity contribution is 0.146. The molecule has 1 aliphatic rings. The van der Waals surface area contributed by atoms with E-state index in [1.807, 2.05) is 0 Å². The molecule has 1 aromatic carbocycles. The third-order valence-electron chi connectivity index (χ3n) is 3.39. The van der Waals surface area contributed by atoms with Crippen LogP contribution in [-0.4, -0.2) is 13.7 Å². The van der Waals surface area contributed by atoms with Gasteiger partial charge < -0.3 is 4.74 Å². The summed E-state index contributed by atoms with van der Waals surface area (Å²) in [6.07, 6.45) is 3.84. The van der Waals surface area contributed by atoms with E-state index < -0.39 is 0 Å². The summed E-state index contributed by atoms with van der Waals surface area (Å²) >= 11 is 0. The molecule has 0 radical (unpaired) electrons. The van der Waals surface area contributed by atoms with Gasteiger partial charge in [-0.1, -0.05) is 32.0 Å². The van der Waals surface area contributed by atoms with Gasteiger partial charge in [-0.05, 0) is 36.0 Å². The van der Waals surface area contributed by atoms with E-state index in [0.29, 0.717) is 0 Å². The van der Waals surface area contributed by atoms with Crippen molar-refractivity contribution in [1.82, 2.24) is 0 Å². The zero-order valence-electron chi connectivity index (χ0n) is 9.97. The second-order valence-electron chi connectivity index (χ2n) is 5.15. The van der Waals surface area contributed by atoms with Gasteiger partial charge in [-0.2, -0.15) is 0 Å². The summed E-state index contributed by atoms with van der Waals surface area (Å²) in [5.41, 5.74) is 4.64. The number of hydrogen-bond acceptors (Lipinski definition) is 1. The summed E-state index contributed by atoms with van der Waals surface area (Å²) in [5.74, 6) is 0. The lowest BCUT2D eigenvalue weighted by Crippen LogP contribution is -2.23. The quantitative estimate of drug-likeness (QED) is 0.735. The molecule has 1 heteroatoms. The fourth-order valence-corrected chi connectivity index (χ4v) is 2.44. The molecule has 0 fully saturated rings. The van der Waals surface area contributed by atoms with Crippen LogP contribution in [0.4, 0.5) is 0 Å². The summed E-state index contributed by atoms with van der Waals surface area (Å²) in [4.78, 5) is 0. The van der Waals surface area contributed by atoms with Crippen LogP contribution < -0.4 is 0 Å². The Morgan fingerprint density at radius 2 is 1.93 bits per heavy atom. The van der Waals surface area contributed by atoms with Crippen molar-refractivity contribution in [2.75, 3.05) is 13.7 Å². The smallest absolute Gasteiger partial charge is 0.0553 e. The SMILES string of the molecule is COCC(C)(C)c1ccc2c(c1)CCC2. The average molecular weight is 204 g/mol. The fraction of sp³-hybridized carbons (Fsp3) is 0.571. The molecular formula is C14H20O. The van der Waals surface area contributed by atoms with E-state index in [4.69, 9.17) is 4.74 Å². The van der Waals surface area contributed by atoms with Crippen LogP contribution in [0.3, 0.4) is 0 Å². The van der Waals surface area contributed by atoms with Crippen LogP contribution in [0, 0.1) is 0 Å². The molecule has 0 heterocycles. The standard InChI is InChI=1S/C14H20O/c1-14(2,10-15-3)13-8-7-11-5-4-6-12(11)9-13/h7-9H,4-6,10H2,1-3H3. The predicted octanol–water partition coefficient (Wildman–Crippen LogP) is 3.10. The monoisotopic (exact) mass is 204 g/mol. The molecule has 15 heavy (non-hydrogen) atoms. The highest BCUT2D eigenvalue weighted by Crippen LogP contribution is 2.29. The zero-order chi connectivity index (χ0) is 10.9.